The number of hydrogen-bond donors (Lipinski definition) is 1. The van der Waals surface area contributed by atoms with Gasteiger partial charge in [0.1, 0.15) is 5.78 Å². The highest BCUT2D eigenvalue weighted by molar-refractivity contribution is 5.78. The summed E-state index contributed by atoms with van der Waals surface area (Å²) in [6.45, 7) is 14.8. The number of Topliss-reactive ketones (excluding diaryl/α,β-unsaturated/α-hetero) is 1. The van der Waals surface area contributed by atoms with Crippen molar-refractivity contribution in [3.63, 3.8) is 0 Å². The van der Waals surface area contributed by atoms with Gasteiger partial charge in [0.05, 0.1) is 0 Å². The minimum Gasteiger partial charge on any atom is -0.388 e. The van der Waals surface area contributed by atoms with Crippen LogP contribution in [0.15, 0.2) is 12.3 Å². The lowest BCUT2D eigenvalue weighted by Gasteiger charge is -2.22. The maximum absolute atomic E-state index is 11.2. The Balaban J connectivity index is 4.05. The lowest BCUT2D eigenvalue weighted by molar-refractivity contribution is -0.121. The molecule has 0 radical (unpaired) electrons. The van der Waals surface area contributed by atoms with E-state index in [-0.39, 0.29) is 17.6 Å². The minimum absolute atomic E-state index is 0.0576. The predicted molar refractivity (Wildman–Crippen MR) is 61.0 cm³/mol. The molecular formula is C12H23NO. The number of hydrogen-bond acceptors (Lipinski definition) is 2. The van der Waals surface area contributed by atoms with E-state index in [4.69, 9.17) is 0 Å². The summed E-state index contributed by atoms with van der Waals surface area (Å²) in [5.41, 5.74) is 0.974. The van der Waals surface area contributed by atoms with Crippen molar-refractivity contribution in [2.45, 2.75) is 34.6 Å². The lowest BCUT2D eigenvalue weighted by Crippen LogP contribution is -2.27. The van der Waals surface area contributed by atoms with Gasteiger partial charge in [0.2, 0.25) is 0 Å². The second-order valence-corrected chi connectivity index (χ2v) is 4.49. The Bertz CT molecular complexity index is 208. The molecule has 0 amide bonds. The van der Waals surface area contributed by atoms with E-state index in [0.717, 1.165) is 12.2 Å². The molecule has 0 fully saturated rings. The third-order valence-corrected chi connectivity index (χ3v) is 2.68. The summed E-state index contributed by atoms with van der Waals surface area (Å²) in [5.74, 6) is 1.10. The molecule has 14 heavy (non-hydrogen) atoms. The third-order valence-electron chi connectivity index (χ3n) is 2.68. The molecule has 0 aliphatic heterocycles. The highest BCUT2D eigenvalue weighted by atomic mass is 16.1. The Morgan fingerprint density at radius 2 is 1.71 bits per heavy atom. The van der Waals surface area contributed by atoms with Crippen molar-refractivity contribution in [3.05, 3.63) is 12.3 Å². The van der Waals surface area contributed by atoms with Crippen LogP contribution in [0, 0.1) is 17.8 Å². The van der Waals surface area contributed by atoms with Crippen LogP contribution in [0.3, 0.4) is 0 Å². The Labute approximate surface area is 87.8 Å². The van der Waals surface area contributed by atoms with E-state index >= 15 is 0 Å². The van der Waals surface area contributed by atoms with Gasteiger partial charge in [0.25, 0.3) is 0 Å². The summed E-state index contributed by atoms with van der Waals surface area (Å²) in [6, 6.07) is 0. The molecular weight excluding hydrogens is 174 g/mol. The van der Waals surface area contributed by atoms with Gasteiger partial charge in [-0.3, -0.25) is 4.79 Å². The monoisotopic (exact) mass is 197 g/mol. The smallest absolute Gasteiger partial charge is 0.133 e. The number of allylic oxidation sites excluding steroid dienone is 1. The van der Waals surface area contributed by atoms with Crippen LogP contribution in [-0.2, 0) is 4.79 Å². The summed E-state index contributed by atoms with van der Waals surface area (Å²) in [5, 5.41) is 3.27. The van der Waals surface area contributed by atoms with E-state index in [1.807, 2.05) is 13.8 Å². The number of rotatable bonds is 6. The predicted octanol–water partition coefficient (Wildman–Crippen LogP) is 2.61. The zero-order valence-electron chi connectivity index (χ0n) is 10.1. The van der Waals surface area contributed by atoms with Crippen LogP contribution in [0.25, 0.3) is 0 Å². The fraction of sp³-hybridized carbons (Fsp3) is 0.750. The number of carbonyl (C=O) groups excluding carboxylic acids is 1. The molecule has 82 valence electrons. The first-order valence-corrected chi connectivity index (χ1v) is 5.29. The molecule has 0 aliphatic carbocycles. The van der Waals surface area contributed by atoms with Crippen LogP contribution in [0.5, 0.6) is 0 Å². The molecule has 0 spiro atoms. The average Bonchev–Trinajstić information content (AvgIpc) is 2.11. The topological polar surface area (TPSA) is 29.1 Å². The molecule has 0 saturated carbocycles. The fourth-order valence-electron chi connectivity index (χ4n) is 1.15. The van der Waals surface area contributed by atoms with Gasteiger partial charge in [-0.2, -0.15) is 0 Å². The van der Waals surface area contributed by atoms with Crippen LogP contribution in [0.4, 0.5) is 0 Å². The van der Waals surface area contributed by atoms with Crippen LogP contribution >= 0.6 is 0 Å². The summed E-state index contributed by atoms with van der Waals surface area (Å²) in [4.78, 5) is 11.2. The highest BCUT2D eigenvalue weighted by Gasteiger charge is 2.18. The molecule has 0 rings (SSSR count). The lowest BCUT2D eigenvalue weighted by atomic mass is 9.90. The number of nitrogens with one attached hydrogen (secondary N) is 1. The van der Waals surface area contributed by atoms with Crippen LogP contribution in [-0.4, -0.2) is 12.3 Å². The quantitative estimate of drug-likeness (QED) is 0.709. The second-order valence-electron chi connectivity index (χ2n) is 4.49. The maximum atomic E-state index is 11.2. The first-order chi connectivity index (χ1) is 6.36. The first kappa shape index (κ1) is 13.2. The van der Waals surface area contributed by atoms with Gasteiger partial charge >= 0.3 is 0 Å². The van der Waals surface area contributed by atoms with E-state index in [1.165, 1.54) is 0 Å². The molecule has 2 unspecified atom stereocenters. The SMILES string of the molecule is C=C(NCC(C)C)C(C)C(C)C(C)=O. The molecule has 2 heteroatoms. The Hall–Kier alpha value is -0.790. The standard InChI is InChI=1S/C12H23NO/c1-8(2)7-13-11(5)9(3)10(4)12(6)14/h8-10,13H,5,7H2,1-4,6H3. The Morgan fingerprint density at radius 1 is 1.21 bits per heavy atom. The van der Waals surface area contributed by atoms with Gasteiger partial charge in [-0.05, 0) is 12.8 Å². The minimum atomic E-state index is 0.0576. The largest absolute Gasteiger partial charge is 0.388 e. The molecule has 0 aromatic heterocycles. The first-order valence-electron chi connectivity index (χ1n) is 5.29. The van der Waals surface area contributed by atoms with Gasteiger partial charge in [0, 0.05) is 24.1 Å². The molecule has 2 atom stereocenters. The maximum Gasteiger partial charge on any atom is 0.133 e. The molecule has 0 aromatic carbocycles. The summed E-state index contributed by atoms with van der Waals surface area (Å²) < 4.78 is 0. The number of ketones is 1. The van der Waals surface area contributed by atoms with E-state index in [2.05, 4.69) is 25.7 Å². The summed E-state index contributed by atoms with van der Waals surface area (Å²) >= 11 is 0. The third kappa shape index (κ3) is 4.45. The van der Waals surface area contributed by atoms with E-state index in [1.54, 1.807) is 6.92 Å². The fourth-order valence-corrected chi connectivity index (χ4v) is 1.15. The van der Waals surface area contributed by atoms with Crippen molar-refractivity contribution in [1.82, 2.24) is 5.32 Å². The van der Waals surface area contributed by atoms with Crippen molar-refractivity contribution in [2.75, 3.05) is 6.54 Å². The molecule has 0 aliphatic rings. The summed E-state index contributed by atoms with van der Waals surface area (Å²) in [6.07, 6.45) is 0. The van der Waals surface area contributed by atoms with Crippen LogP contribution in [0.1, 0.15) is 34.6 Å². The van der Waals surface area contributed by atoms with Gasteiger partial charge in [-0.1, -0.05) is 34.3 Å². The van der Waals surface area contributed by atoms with Crippen molar-refractivity contribution in [3.8, 4) is 0 Å². The zero-order chi connectivity index (χ0) is 11.3. The van der Waals surface area contributed by atoms with E-state index in [0.29, 0.717) is 5.92 Å². The molecule has 2 nitrogen and oxygen atoms in total. The molecule has 0 aromatic rings. The van der Waals surface area contributed by atoms with Crippen molar-refractivity contribution in [2.24, 2.45) is 17.8 Å². The summed E-state index contributed by atoms with van der Waals surface area (Å²) in [7, 11) is 0. The zero-order valence-corrected chi connectivity index (χ0v) is 10.1. The number of carbonyl (C=O) groups is 1. The van der Waals surface area contributed by atoms with Crippen LogP contribution in [0.2, 0.25) is 0 Å². The van der Waals surface area contributed by atoms with Gasteiger partial charge < -0.3 is 5.32 Å². The Morgan fingerprint density at radius 3 is 2.07 bits per heavy atom. The average molecular weight is 197 g/mol. The molecule has 0 saturated heterocycles. The Kier molecular flexibility index (Phi) is 5.51. The normalized spacial score (nSPS) is 15.0. The van der Waals surface area contributed by atoms with Gasteiger partial charge in [-0.25, -0.2) is 0 Å². The van der Waals surface area contributed by atoms with Crippen molar-refractivity contribution < 1.29 is 4.79 Å². The van der Waals surface area contributed by atoms with Crippen molar-refractivity contribution >= 4 is 5.78 Å². The van der Waals surface area contributed by atoms with Gasteiger partial charge in [-0.15, -0.1) is 0 Å². The van der Waals surface area contributed by atoms with Gasteiger partial charge in [0.15, 0.2) is 0 Å². The molecule has 0 bridgehead atoms. The molecule has 0 heterocycles. The van der Waals surface area contributed by atoms with Crippen LogP contribution < -0.4 is 5.32 Å². The van der Waals surface area contributed by atoms with Crippen molar-refractivity contribution in [1.29, 1.82) is 0 Å². The molecule has 1 N–H and O–H groups in total. The second kappa shape index (κ2) is 5.84. The van der Waals surface area contributed by atoms with E-state index in [9.17, 15) is 4.79 Å². The highest BCUT2D eigenvalue weighted by Crippen LogP contribution is 2.17. The van der Waals surface area contributed by atoms with E-state index < -0.39 is 0 Å².